The third kappa shape index (κ3) is 2.85. The van der Waals surface area contributed by atoms with Crippen LogP contribution in [0, 0.1) is 0 Å². The molecule has 7 nitrogen and oxygen atoms in total. The molecule has 4 N–H and O–H groups in total. The highest BCUT2D eigenvalue weighted by atomic mass is 16.2. The normalized spacial score (nSPS) is 12.1. The summed E-state index contributed by atoms with van der Waals surface area (Å²) < 4.78 is 0. The van der Waals surface area contributed by atoms with E-state index in [0.717, 1.165) is 5.56 Å². The number of nitrogens with two attached hydrogens (primary N) is 1. The van der Waals surface area contributed by atoms with Crippen LogP contribution in [0.2, 0.25) is 0 Å². The summed E-state index contributed by atoms with van der Waals surface area (Å²) in [6.45, 7) is 0.317. The monoisotopic (exact) mass is 232 g/mol. The highest BCUT2D eigenvalue weighted by molar-refractivity contribution is 5.90. The van der Waals surface area contributed by atoms with E-state index in [2.05, 4.69) is 25.9 Å². The lowest BCUT2D eigenvalue weighted by molar-refractivity contribution is 0.0941. The molecule has 0 fully saturated rings. The van der Waals surface area contributed by atoms with Gasteiger partial charge in [0.25, 0.3) is 11.7 Å². The number of carbonyl (C=O) groups is 1. The molecule has 0 aliphatic heterocycles. The van der Waals surface area contributed by atoms with E-state index in [-0.39, 0.29) is 11.9 Å². The number of hydrogen-bond acceptors (Lipinski definition) is 5. The average Bonchev–Trinajstić information content (AvgIpc) is 2.90. The first-order valence-corrected chi connectivity index (χ1v) is 5.09. The predicted molar refractivity (Wildman–Crippen MR) is 59.9 cm³/mol. The zero-order chi connectivity index (χ0) is 12.1. The van der Waals surface area contributed by atoms with Crippen molar-refractivity contribution in [3.05, 3.63) is 41.7 Å². The fraction of sp³-hybridized carbons (Fsp3) is 0.200. The number of tetrazole rings is 1. The van der Waals surface area contributed by atoms with Crippen molar-refractivity contribution < 1.29 is 4.79 Å². The van der Waals surface area contributed by atoms with Crippen LogP contribution in [0.4, 0.5) is 0 Å². The largest absolute Gasteiger partial charge is 0.347 e. The predicted octanol–water partition coefficient (Wildman–Crippen LogP) is -0.370. The molecular weight excluding hydrogens is 220 g/mol. The number of aromatic nitrogens is 4. The van der Waals surface area contributed by atoms with Crippen molar-refractivity contribution in [1.29, 1.82) is 0 Å². The summed E-state index contributed by atoms with van der Waals surface area (Å²) in [7, 11) is 0. The molecule has 1 amide bonds. The lowest BCUT2D eigenvalue weighted by atomic mass is 10.1. The van der Waals surface area contributed by atoms with Crippen LogP contribution >= 0.6 is 0 Å². The molecule has 0 bridgehead atoms. The Bertz CT molecular complexity index is 469. The molecule has 88 valence electrons. The first-order chi connectivity index (χ1) is 8.27. The van der Waals surface area contributed by atoms with Crippen LogP contribution < -0.4 is 11.1 Å². The van der Waals surface area contributed by atoms with E-state index in [0.29, 0.717) is 6.54 Å². The molecule has 2 rings (SSSR count). The van der Waals surface area contributed by atoms with Crippen LogP contribution in [0.1, 0.15) is 22.2 Å². The third-order valence-corrected chi connectivity index (χ3v) is 2.26. The Hall–Kier alpha value is -2.28. The van der Waals surface area contributed by atoms with E-state index >= 15 is 0 Å². The van der Waals surface area contributed by atoms with Crippen molar-refractivity contribution in [2.75, 3.05) is 6.54 Å². The summed E-state index contributed by atoms with van der Waals surface area (Å²) in [5, 5.41) is 15.3. The Kier molecular flexibility index (Phi) is 3.41. The number of rotatable bonds is 4. The van der Waals surface area contributed by atoms with Crippen molar-refractivity contribution in [1.82, 2.24) is 25.9 Å². The highest BCUT2D eigenvalue weighted by Crippen LogP contribution is 2.07. The first-order valence-electron chi connectivity index (χ1n) is 5.09. The van der Waals surface area contributed by atoms with Gasteiger partial charge in [-0.15, -0.1) is 10.2 Å². The van der Waals surface area contributed by atoms with Gasteiger partial charge in [0.15, 0.2) is 0 Å². The van der Waals surface area contributed by atoms with Crippen LogP contribution in [-0.2, 0) is 0 Å². The van der Waals surface area contributed by atoms with E-state index in [4.69, 9.17) is 5.73 Å². The molecular formula is C10H12N6O. The molecule has 0 aliphatic carbocycles. The van der Waals surface area contributed by atoms with Gasteiger partial charge in [0.05, 0.1) is 0 Å². The van der Waals surface area contributed by atoms with Crippen molar-refractivity contribution >= 4 is 5.91 Å². The topological polar surface area (TPSA) is 110 Å². The molecule has 17 heavy (non-hydrogen) atoms. The van der Waals surface area contributed by atoms with Crippen LogP contribution in [-0.4, -0.2) is 33.1 Å². The summed E-state index contributed by atoms with van der Waals surface area (Å²) in [4.78, 5) is 11.5. The minimum absolute atomic E-state index is 0.00487. The van der Waals surface area contributed by atoms with E-state index in [1.165, 1.54) is 0 Å². The zero-order valence-corrected chi connectivity index (χ0v) is 9.00. The molecule has 0 aliphatic rings. The molecule has 2 aromatic rings. The lowest BCUT2D eigenvalue weighted by Crippen LogP contribution is -2.32. The molecule has 0 radical (unpaired) electrons. The van der Waals surface area contributed by atoms with E-state index in [1.54, 1.807) is 0 Å². The fourth-order valence-corrected chi connectivity index (χ4v) is 1.36. The lowest BCUT2D eigenvalue weighted by Gasteiger charge is -2.11. The van der Waals surface area contributed by atoms with Gasteiger partial charge in [-0.05, 0) is 10.8 Å². The maximum atomic E-state index is 11.5. The Morgan fingerprint density at radius 1 is 1.41 bits per heavy atom. The number of aromatic amines is 1. The zero-order valence-electron chi connectivity index (χ0n) is 9.00. The number of H-pyrrole nitrogens is 1. The number of benzene rings is 1. The van der Waals surface area contributed by atoms with Gasteiger partial charge in [-0.2, -0.15) is 5.21 Å². The number of amides is 1. The highest BCUT2D eigenvalue weighted by Gasteiger charge is 2.12. The van der Waals surface area contributed by atoms with Crippen LogP contribution in [0.15, 0.2) is 30.3 Å². The van der Waals surface area contributed by atoms with Crippen molar-refractivity contribution in [2.45, 2.75) is 6.04 Å². The van der Waals surface area contributed by atoms with E-state index in [9.17, 15) is 4.79 Å². The molecule has 1 heterocycles. The van der Waals surface area contributed by atoms with Crippen LogP contribution in [0.5, 0.6) is 0 Å². The Morgan fingerprint density at radius 2 is 2.18 bits per heavy atom. The Morgan fingerprint density at radius 3 is 2.82 bits per heavy atom. The van der Waals surface area contributed by atoms with Gasteiger partial charge in [0.2, 0.25) is 0 Å². The number of nitrogens with one attached hydrogen (secondary N) is 2. The molecule has 1 atom stereocenters. The second-order valence-corrected chi connectivity index (χ2v) is 3.46. The molecule has 0 saturated heterocycles. The van der Waals surface area contributed by atoms with Crippen LogP contribution in [0.3, 0.4) is 0 Å². The van der Waals surface area contributed by atoms with Gasteiger partial charge in [-0.1, -0.05) is 30.3 Å². The first kappa shape index (κ1) is 11.2. The molecule has 1 aromatic heterocycles. The van der Waals surface area contributed by atoms with Gasteiger partial charge in [0.1, 0.15) is 0 Å². The molecule has 0 spiro atoms. The maximum absolute atomic E-state index is 11.5. The number of carbonyl (C=O) groups excluding carboxylic acids is 1. The molecule has 0 saturated carbocycles. The van der Waals surface area contributed by atoms with Gasteiger partial charge >= 0.3 is 0 Å². The van der Waals surface area contributed by atoms with Gasteiger partial charge < -0.3 is 11.1 Å². The third-order valence-electron chi connectivity index (χ3n) is 2.26. The minimum Gasteiger partial charge on any atom is -0.347 e. The average molecular weight is 232 g/mol. The second kappa shape index (κ2) is 5.17. The summed E-state index contributed by atoms with van der Waals surface area (Å²) >= 11 is 0. The van der Waals surface area contributed by atoms with Crippen molar-refractivity contribution in [3.8, 4) is 0 Å². The Labute approximate surface area is 97.4 Å². The summed E-state index contributed by atoms with van der Waals surface area (Å²) in [5.41, 5.74) is 6.88. The number of nitrogens with zero attached hydrogens (tertiary/aromatic N) is 3. The smallest absolute Gasteiger partial charge is 0.292 e. The quantitative estimate of drug-likeness (QED) is 0.666. The summed E-state index contributed by atoms with van der Waals surface area (Å²) in [5.74, 6) is -0.393. The fourth-order valence-electron chi connectivity index (χ4n) is 1.36. The summed E-state index contributed by atoms with van der Waals surface area (Å²) in [6.07, 6.45) is 0. The standard InChI is InChI=1S/C10H12N6O/c11-8(7-4-2-1-3-5-7)6-12-10(17)9-13-15-16-14-9/h1-5,8H,6,11H2,(H,12,17)(H,13,14,15,16). The van der Waals surface area contributed by atoms with Crippen LogP contribution in [0.25, 0.3) is 0 Å². The number of hydrogen-bond donors (Lipinski definition) is 3. The molecule has 1 aromatic carbocycles. The second-order valence-electron chi connectivity index (χ2n) is 3.46. The Balaban J connectivity index is 1.89. The minimum atomic E-state index is -0.398. The molecule has 1 unspecified atom stereocenters. The van der Waals surface area contributed by atoms with E-state index < -0.39 is 5.91 Å². The van der Waals surface area contributed by atoms with Crippen molar-refractivity contribution in [2.24, 2.45) is 5.73 Å². The van der Waals surface area contributed by atoms with E-state index in [1.807, 2.05) is 30.3 Å². The van der Waals surface area contributed by atoms with Gasteiger partial charge in [-0.3, -0.25) is 4.79 Å². The van der Waals surface area contributed by atoms with Crippen molar-refractivity contribution in [3.63, 3.8) is 0 Å². The van der Waals surface area contributed by atoms with Gasteiger partial charge in [-0.25, -0.2) is 0 Å². The molecule has 7 heteroatoms. The maximum Gasteiger partial charge on any atom is 0.292 e. The SMILES string of the molecule is NC(CNC(=O)c1nn[nH]n1)c1ccccc1. The van der Waals surface area contributed by atoms with Gasteiger partial charge in [0, 0.05) is 12.6 Å². The summed E-state index contributed by atoms with van der Waals surface area (Å²) in [6, 6.07) is 9.27.